The Kier molecular flexibility index (Phi) is 5.45. The largest absolute Gasteiger partial charge is 0.380 e. The third-order valence-corrected chi connectivity index (χ3v) is 7.91. The average molecular weight is 405 g/mol. The highest BCUT2D eigenvalue weighted by molar-refractivity contribution is 7.85. The van der Waals surface area contributed by atoms with Gasteiger partial charge < -0.3 is 10.1 Å². The number of amides is 1. The molecule has 2 aliphatic rings. The molecule has 1 aliphatic heterocycles. The Hall–Kier alpha value is -1.54. The first-order valence-electron chi connectivity index (χ1n) is 9.29. The molecule has 4 rings (SSSR count). The molecule has 1 aliphatic carbocycles. The molecule has 2 heterocycles. The quantitative estimate of drug-likeness (QED) is 0.767. The van der Waals surface area contributed by atoms with Crippen molar-refractivity contribution in [2.24, 2.45) is 0 Å². The van der Waals surface area contributed by atoms with Crippen molar-refractivity contribution in [2.75, 3.05) is 18.5 Å². The fourth-order valence-electron chi connectivity index (χ4n) is 3.15. The minimum atomic E-state index is -1.31. The van der Waals surface area contributed by atoms with Crippen molar-refractivity contribution < 1.29 is 13.7 Å². The Morgan fingerprint density at radius 1 is 1.19 bits per heavy atom. The number of carbonyl (C=O) groups excluding carboxylic acids is 1. The van der Waals surface area contributed by atoms with Crippen LogP contribution in [0.25, 0.3) is 0 Å². The summed E-state index contributed by atoms with van der Waals surface area (Å²) in [5.74, 6) is 0.305. The number of rotatable bonds is 6. The Morgan fingerprint density at radius 2 is 2.00 bits per heavy atom. The van der Waals surface area contributed by atoms with Crippen molar-refractivity contribution in [3.8, 4) is 0 Å². The SMILES string of the molecule is Cc1ccc(NC(=O)c2cc(S(=O)NC3CCOC3)sc2C2CC2)cc1C. The Labute approximate surface area is 166 Å². The molecule has 144 valence electrons. The third kappa shape index (κ3) is 4.32. The summed E-state index contributed by atoms with van der Waals surface area (Å²) in [5, 5.41) is 3.00. The first-order chi connectivity index (χ1) is 13.0. The van der Waals surface area contributed by atoms with Gasteiger partial charge in [0.25, 0.3) is 5.91 Å². The smallest absolute Gasteiger partial charge is 0.256 e. The van der Waals surface area contributed by atoms with Gasteiger partial charge in [-0.05, 0) is 68.4 Å². The molecule has 27 heavy (non-hydrogen) atoms. The maximum Gasteiger partial charge on any atom is 0.256 e. The van der Waals surface area contributed by atoms with Gasteiger partial charge in [0, 0.05) is 23.2 Å². The van der Waals surface area contributed by atoms with E-state index in [4.69, 9.17) is 4.74 Å². The number of thiophene rings is 1. The highest BCUT2D eigenvalue weighted by Crippen LogP contribution is 2.46. The molecule has 7 heteroatoms. The number of benzene rings is 1. The van der Waals surface area contributed by atoms with Crippen molar-refractivity contribution in [3.05, 3.63) is 45.8 Å². The lowest BCUT2D eigenvalue weighted by molar-refractivity contribution is 0.102. The second-order valence-electron chi connectivity index (χ2n) is 7.32. The molecule has 2 fully saturated rings. The predicted molar refractivity (Wildman–Crippen MR) is 109 cm³/mol. The van der Waals surface area contributed by atoms with Crippen LogP contribution in [0.1, 0.15) is 51.5 Å². The second kappa shape index (κ2) is 7.83. The molecular weight excluding hydrogens is 380 g/mol. The van der Waals surface area contributed by atoms with Gasteiger partial charge in [0.15, 0.2) is 0 Å². The molecule has 2 aromatic rings. The molecule has 1 saturated carbocycles. The van der Waals surface area contributed by atoms with Gasteiger partial charge in [-0.2, -0.15) is 0 Å². The van der Waals surface area contributed by atoms with E-state index in [1.54, 1.807) is 6.07 Å². The molecule has 1 aromatic carbocycles. The zero-order chi connectivity index (χ0) is 19.0. The Balaban J connectivity index is 1.53. The number of aryl methyl sites for hydroxylation is 2. The van der Waals surface area contributed by atoms with E-state index in [1.165, 1.54) is 16.9 Å². The van der Waals surface area contributed by atoms with E-state index in [9.17, 15) is 9.00 Å². The highest BCUT2D eigenvalue weighted by Gasteiger charge is 2.32. The van der Waals surface area contributed by atoms with E-state index in [0.29, 0.717) is 28.9 Å². The molecule has 1 aromatic heterocycles. The lowest BCUT2D eigenvalue weighted by Crippen LogP contribution is -2.30. The lowest BCUT2D eigenvalue weighted by Gasteiger charge is -2.08. The van der Waals surface area contributed by atoms with Crippen LogP contribution in [0.5, 0.6) is 0 Å². The molecule has 2 unspecified atom stereocenters. The maximum absolute atomic E-state index is 12.9. The van der Waals surface area contributed by atoms with Crippen LogP contribution in [0.15, 0.2) is 28.5 Å². The van der Waals surface area contributed by atoms with Crippen LogP contribution >= 0.6 is 11.3 Å². The van der Waals surface area contributed by atoms with E-state index in [0.717, 1.165) is 35.4 Å². The molecule has 0 spiro atoms. The summed E-state index contributed by atoms with van der Waals surface area (Å²) in [7, 11) is -1.31. The highest BCUT2D eigenvalue weighted by atomic mass is 32.2. The zero-order valence-electron chi connectivity index (χ0n) is 15.5. The van der Waals surface area contributed by atoms with E-state index in [-0.39, 0.29) is 11.9 Å². The normalized spacial score (nSPS) is 20.6. The van der Waals surface area contributed by atoms with Crippen molar-refractivity contribution in [2.45, 2.75) is 49.3 Å². The Morgan fingerprint density at radius 3 is 2.67 bits per heavy atom. The molecule has 2 N–H and O–H groups in total. The van der Waals surface area contributed by atoms with Crippen LogP contribution < -0.4 is 10.0 Å². The maximum atomic E-state index is 12.9. The van der Waals surface area contributed by atoms with Crippen LogP contribution in [-0.4, -0.2) is 29.4 Å². The van der Waals surface area contributed by atoms with E-state index < -0.39 is 11.0 Å². The topological polar surface area (TPSA) is 67.4 Å². The molecule has 2 atom stereocenters. The van der Waals surface area contributed by atoms with E-state index in [1.807, 2.05) is 25.1 Å². The molecule has 1 saturated heterocycles. The average Bonchev–Trinajstić information content (AvgIpc) is 3.17. The number of ether oxygens (including phenoxy) is 1. The van der Waals surface area contributed by atoms with Crippen molar-refractivity contribution >= 4 is 33.9 Å². The third-order valence-electron chi connectivity index (χ3n) is 5.08. The minimum absolute atomic E-state index is 0.116. The monoisotopic (exact) mass is 404 g/mol. The number of nitrogens with one attached hydrogen (secondary N) is 2. The Bertz CT molecular complexity index is 883. The fourth-order valence-corrected chi connectivity index (χ4v) is 5.76. The molecule has 0 radical (unpaired) electrons. The van der Waals surface area contributed by atoms with Crippen LogP contribution in [0.2, 0.25) is 0 Å². The van der Waals surface area contributed by atoms with Crippen molar-refractivity contribution in [1.29, 1.82) is 0 Å². The van der Waals surface area contributed by atoms with Crippen LogP contribution in [0.3, 0.4) is 0 Å². The van der Waals surface area contributed by atoms with Crippen LogP contribution in [0, 0.1) is 13.8 Å². The molecule has 5 nitrogen and oxygen atoms in total. The van der Waals surface area contributed by atoms with Crippen LogP contribution in [-0.2, 0) is 15.7 Å². The summed E-state index contributed by atoms with van der Waals surface area (Å²) >= 11 is 1.50. The first kappa shape index (κ1) is 18.8. The summed E-state index contributed by atoms with van der Waals surface area (Å²) in [4.78, 5) is 14.0. The van der Waals surface area contributed by atoms with Crippen molar-refractivity contribution in [3.63, 3.8) is 0 Å². The van der Waals surface area contributed by atoms with Crippen LogP contribution in [0.4, 0.5) is 5.69 Å². The molecule has 0 bridgehead atoms. The predicted octanol–water partition coefficient (Wildman–Crippen LogP) is 3.90. The number of anilines is 1. The summed E-state index contributed by atoms with van der Waals surface area (Å²) in [5.41, 5.74) is 3.79. The van der Waals surface area contributed by atoms with Gasteiger partial charge in [-0.15, -0.1) is 11.3 Å². The summed E-state index contributed by atoms with van der Waals surface area (Å²) in [6.45, 7) is 5.38. The lowest BCUT2D eigenvalue weighted by atomic mass is 10.1. The van der Waals surface area contributed by atoms with Crippen molar-refractivity contribution in [1.82, 2.24) is 4.72 Å². The van der Waals surface area contributed by atoms with E-state index >= 15 is 0 Å². The van der Waals surface area contributed by atoms with Gasteiger partial charge >= 0.3 is 0 Å². The molecular formula is C20H24N2O3S2. The van der Waals surface area contributed by atoms with Gasteiger partial charge in [-0.1, -0.05) is 6.07 Å². The fraction of sp³-hybridized carbons (Fsp3) is 0.450. The second-order valence-corrected chi connectivity index (χ2v) is 9.87. The first-order valence-corrected chi connectivity index (χ1v) is 11.3. The van der Waals surface area contributed by atoms with Gasteiger partial charge in [-0.3, -0.25) is 4.79 Å². The van der Waals surface area contributed by atoms with Gasteiger partial charge in [-0.25, -0.2) is 8.93 Å². The zero-order valence-corrected chi connectivity index (χ0v) is 17.2. The number of hydrogen-bond acceptors (Lipinski definition) is 4. The molecule has 1 amide bonds. The summed E-state index contributed by atoms with van der Waals surface area (Å²) < 4.78 is 21.9. The number of carbonyl (C=O) groups is 1. The van der Waals surface area contributed by atoms with E-state index in [2.05, 4.69) is 17.0 Å². The standard InChI is InChI=1S/C20H24N2O3S2/c1-12-3-6-15(9-13(12)2)21-20(23)17-10-18(26-19(17)14-4-5-14)27(24)22-16-7-8-25-11-16/h3,6,9-10,14,16,22H,4-5,7-8,11H2,1-2H3,(H,21,23). The number of hydrogen-bond donors (Lipinski definition) is 2. The van der Waals surface area contributed by atoms with Gasteiger partial charge in [0.1, 0.15) is 15.2 Å². The minimum Gasteiger partial charge on any atom is -0.380 e. The van der Waals surface area contributed by atoms with Gasteiger partial charge in [0.05, 0.1) is 12.2 Å². The summed E-state index contributed by atoms with van der Waals surface area (Å²) in [6, 6.07) is 7.83. The summed E-state index contributed by atoms with van der Waals surface area (Å²) in [6.07, 6.45) is 3.06. The van der Waals surface area contributed by atoms with Gasteiger partial charge in [0.2, 0.25) is 0 Å².